The van der Waals surface area contributed by atoms with Gasteiger partial charge in [-0.15, -0.1) is 0 Å². The molecule has 14 heavy (non-hydrogen) atoms. The van der Waals surface area contributed by atoms with Gasteiger partial charge in [0, 0.05) is 10.9 Å². The Morgan fingerprint density at radius 3 is 2.79 bits per heavy atom. The van der Waals surface area contributed by atoms with Crippen LogP contribution in [0.25, 0.3) is 0 Å². The summed E-state index contributed by atoms with van der Waals surface area (Å²) >= 11 is 9.02. The van der Waals surface area contributed by atoms with E-state index >= 15 is 0 Å². The van der Waals surface area contributed by atoms with E-state index in [9.17, 15) is 4.79 Å². The molecule has 0 fully saturated rings. The summed E-state index contributed by atoms with van der Waals surface area (Å²) in [6.45, 7) is 0. The van der Waals surface area contributed by atoms with Crippen molar-refractivity contribution in [1.82, 2.24) is 0 Å². The Hall–Kier alpha value is -0.580. The van der Waals surface area contributed by atoms with Crippen molar-refractivity contribution >= 4 is 33.5 Å². The number of rotatable bonds is 3. The van der Waals surface area contributed by atoms with Gasteiger partial charge < -0.3 is 10.2 Å². The SMILES string of the molecule is O=C(O)C(O)Cc1cccc(Cl)c1Br. The predicted molar refractivity (Wildman–Crippen MR) is 56.5 cm³/mol. The number of carboxylic acids is 1. The molecule has 5 heteroatoms. The standard InChI is InChI=1S/C9H8BrClO3/c10-8-5(2-1-3-6(8)11)4-7(12)9(13)14/h1-3,7,12H,4H2,(H,13,14). The first-order valence-electron chi connectivity index (χ1n) is 3.86. The molecule has 0 aliphatic heterocycles. The largest absolute Gasteiger partial charge is 0.479 e. The molecule has 0 aliphatic carbocycles. The van der Waals surface area contributed by atoms with E-state index in [2.05, 4.69) is 15.9 Å². The van der Waals surface area contributed by atoms with Crippen LogP contribution in [0.3, 0.4) is 0 Å². The predicted octanol–water partition coefficient (Wildman–Crippen LogP) is 2.09. The van der Waals surface area contributed by atoms with Crippen LogP contribution in [0.1, 0.15) is 5.56 Å². The number of hydrogen-bond donors (Lipinski definition) is 2. The molecule has 1 aromatic rings. The fourth-order valence-electron chi connectivity index (χ4n) is 1.00. The number of benzene rings is 1. The summed E-state index contributed by atoms with van der Waals surface area (Å²) < 4.78 is 0.627. The number of carboxylic acid groups (broad SMARTS) is 1. The highest BCUT2D eigenvalue weighted by Gasteiger charge is 2.15. The molecule has 1 rings (SSSR count). The quantitative estimate of drug-likeness (QED) is 0.891. The van der Waals surface area contributed by atoms with E-state index in [1.165, 1.54) is 0 Å². The second kappa shape index (κ2) is 4.77. The van der Waals surface area contributed by atoms with Crippen LogP contribution in [0.5, 0.6) is 0 Å². The summed E-state index contributed by atoms with van der Waals surface area (Å²) in [5.74, 6) is -1.24. The minimum absolute atomic E-state index is 0.0382. The Kier molecular flexibility index (Phi) is 3.92. The van der Waals surface area contributed by atoms with Crippen molar-refractivity contribution in [2.45, 2.75) is 12.5 Å². The van der Waals surface area contributed by atoms with Gasteiger partial charge >= 0.3 is 5.97 Å². The molecule has 3 nitrogen and oxygen atoms in total. The number of aliphatic carboxylic acids is 1. The number of hydrogen-bond acceptors (Lipinski definition) is 2. The van der Waals surface area contributed by atoms with Crippen molar-refractivity contribution in [3.63, 3.8) is 0 Å². The van der Waals surface area contributed by atoms with Gasteiger partial charge in [-0.2, -0.15) is 0 Å². The van der Waals surface area contributed by atoms with Crippen LogP contribution < -0.4 is 0 Å². The number of aliphatic hydroxyl groups excluding tert-OH is 1. The lowest BCUT2D eigenvalue weighted by Gasteiger charge is -2.08. The molecular formula is C9H8BrClO3. The van der Waals surface area contributed by atoms with E-state index in [0.29, 0.717) is 15.1 Å². The van der Waals surface area contributed by atoms with Crippen molar-refractivity contribution in [1.29, 1.82) is 0 Å². The molecule has 0 aromatic heterocycles. The maximum absolute atomic E-state index is 10.4. The minimum atomic E-state index is -1.40. The molecule has 0 radical (unpaired) electrons. The first kappa shape index (κ1) is 11.5. The summed E-state index contributed by atoms with van der Waals surface area (Å²) in [7, 11) is 0. The molecule has 0 amide bonds. The Labute approximate surface area is 94.4 Å². The van der Waals surface area contributed by atoms with Crippen LogP contribution in [0.15, 0.2) is 22.7 Å². The second-order valence-electron chi connectivity index (χ2n) is 2.77. The normalized spacial score (nSPS) is 12.5. The molecule has 1 atom stereocenters. The monoisotopic (exact) mass is 278 g/mol. The zero-order valence-electron chi connectivity index (χ0n) is 7.08. The van der Waals surface area contributed by atoms with Crippen LogP contribution in [0.4, 0.5) is 0 Å². The Morgan fingerprint density at radius 1 is 1.57 bits per heavy atom. The van der Waals surface area contributed by atoms with E-state index in [4.69, 9.17) is 21.8 Å². The molecule has 0 bridgehead atoms. The average Bonchev–Trinajstić information content (AvgIpc) is 2.12. The first-order valence-corrected chi connectivity index (χ1v) is 5.03. The fourth-order valence-corrected chi connectivity index (χ4v) is 1.62. The molecule has 0 saturated heterocycles. The molecule has 0 aliphatic rings. The smallest absolute Gasteiger partial charge is 0.332 e. The molecular weight excluding hydrogens is 271 g/mol. The maximum Gasteiger partial charge on any atom is 0.332 e. The third-order valence-corrected chi connectivity index (χ3v) is 3.21. The van der Waals surface area contributed by atoms with Gasteiger partial charge in [-0.3, -0.25) is 0 Å². The van der Waals surface area contributed by atoms with Crippen LogP contribution in [-0.2, 0) is 11.2 Å². The van der Waals surface area contributed by atoms with Crippen LogP contribution >= 0.6 is 27.5 Å². The van der Waals surface area contributed by atoms with Gasteiger partial charge in [0.15, 0.2) is 6.10 Å². The van der Waals surface area contributed by atoms with Gasteiger partial charge in [-0.1, -0.05) is 23.7 Å². The van der Waals surface area contributed by atoms with Gasteiger partial charge in [0.05, 0.1) is 5.02 Å². The van der Waals surface area contributed by atoms with Gasteiger partial charge in [0.1, 0.15) is 0 Å². The van der Waals surface area contributed by atoms with Gasteiger partial charge in [0.2, 0.25) is 0 Å². The highest BCUT2D eigenvalue weighted by atomic mass is 79.9. The van der Waals surface area contributed by atoms with Gasteiger partial charge in [-0.25, -0.2) is 4.79 Å². The summed E-state index contributed by atoms with van der Waals surface area (Å²) in [5, 5.41) is 18.1. The van der Waals surface area contributed by atoms with Crippen molar-refractivity contribution in [2.24, 2.45) is 0 Å². The highest BCUT2D eigenvalue weighted by molar-refractivity contribution is 9.10. The summed E-state index contributed by atoms with van der Waals surface area (Å²) in [4.78, 5) is 10.4. The zero-order valence-corrected chi connectivity index (χ0v) is 9.42. The van der Waals surface area contributed by atoms with Crippen molar-refractivity contribution in [2.75, 3.05) is 0 Å². The second-order valence-corrected chi connectivity index (χ2v) is 3.97. The fraction of sp³-hybridized carbons (Fsp3) is 0.222. The van der Waals surface area contributed by atoms with Crippen LogP contribution in [-0.4, -0.2) is 22.3 Å². The summed E-state index contributed by atoms with van der Waals surface area (Å²) in [5.41, 5.74) is 0.674. The highest BCUT2D eigenvalue weighted by Crippen LogP contribution is 2.26. The van der Waals surface area contributed by atoms with Crippen LogP contribution in [0.2, 0.25) is 5.02 Å². The molecule has 1 unspecified atom stereocenters. The Bertz CT molecular complexity index is 354. The lowest BCUT2D eigenvalue weighted by Crippen LogP contribution is -2.22. The first-order chi connectivity index (χ1) is 6.52. The molecule has 0 heterocycles. The topological polar surface area (TPSA) is 57.5 Å². The Morgan fingerprint density at radius 2 is 2.21 bits per heavy atom. The third kappa shape index (κ3) is 2.70. The number of aliphatic hydroxyl groups is 1. The van der Waals surface area contributed by atoms with Crippen molar-refractivity contribution in [3.8, 4) is 0 Å². The third-order valence-electron chi connectivity index (χ3n) is 1.73. The van der Waals surface area contributed by atoms with Crippen LogP contribution in [0, 0.1) is 0 Å². The van der Waals surface area contributed by atoms with E-state index in [-0.39, 0.29) is 6.42 Å². The lowest BCUT2D eigenvalue weighted by molar-refractivity contribution is -0.146. The minimum Gasteiger partial charge on any atom is -0.479 e. The number of halogens is 2. The van der Waals surface area contributed by atoms with E-state index in [1.807, 2.05) is 0 Å². The van der Waals surface area contributed by atoms with Crippen molar-refractivity contribution < 1.29 is 15.0 Å². The summed E-state index contributed by atoms with van der Waals surface area (Å²) in [6.07, 6.45) is -1.36. The Balaban J connectivity index is 2.87. The van der Waals surface area contributed by atoms with Gasteiger partial charge in [-0.05, 0) is 27.6 Å². The summed E-state index contributed by atoms with van der Waals surface area (Å²) in [6, 6.07) is 5.10. The lowest BCUT2D eigenvalue weighted by atomic mass is 10.1. The maximum atomic E-state index is 10.4. The molecule has 0 saturated carbocycles. The van der Waals surface area contributed by atoms with E-state index in [1.54, 1.807) is 18.2 Å². The molecule has 0 spiro atoms. The average molecular weight is 280 g/mol. The molecule has 76 valence electrons. The van der Waals surface area contributed by atoms with Crippen molar-refractivity contribution in [3.05, 3.63) is 33.3 Å². The van der Waals surface area contributed by atoms with Gasteiger partial charge in [0.25, 0.3) is 0 Å². The van der Waals surface area contributed by atoms with E-state index in [0.717, 1.165) is 0 Å². The van der Waals surface area contributed by atoms with E-state index < -0.39 is 12.1 Å². The zero-order chi connectivity index (χ0) is 10.7. The number of carbonyl (C=O) groups is 1. The molecule has 1 aromatic carbocycles. The molecule has 2 N–H and O–H groups in total.